The second kappa shape index (κ2) is 5.80. The fourth-order valence-electron chi connectivity index (χ4n) is 1.43. The van der Waals surface area contributed by atoms with Gasteiger partial charge in [-0.05, 0) is 32.0 Å². The van der Waals surface area contributed by atoms with Crippen LogP contribution in [0.2, 0.25) is 5.02 Å². The molecule has 0 bridgehead atoms. The Morgan fingerprint density at radius 3 is 2.65 bits per heavy atom. The van der Waals surface area contributed by atoms with Crippen LogP contribution in [0.3, 0.4) is 0 Å². The average Bonchev–Trinajstić information content (AvgIpc) is 2.24. The van der Waals surface area contributed by atoms with Gasteiger partial charge in [-0.2, -0.15) is 0 Å². The standard InChI is InChI=1S/C11H15ClFNO2S/c1-8(5-6-14)17(15,16)7-9-10(12)3-2-4-11(9)13/h2-4,8H,5-7,14H2,1H3. The summed E-state index contributed by atoms with van der Waals surface area (Å²) < 4.78 is 37.3. The number of nitrogens with two attached hydrogens (primary N) is 1. The van der Waals surface area contributed by atoms with Crippen LogP contribution in [0.1, 0.15) is 18.9 Å². The molecule has 0 saturated heterocycles. The first-order valence-electron chi connectivity index (χ1n) is 5.23. The SMILES string of the molecule is CC(CCN)S(=O)(=O)Cc1c(F)cccc1Cl. The summed E-state index contributed by atoms with van der Waals surface area (Å²) in [6.07, 6.45) is 0.356. The van der Waals surface area contributed by atoms with Crippen LogP contribution in [0.25, 0.3) is 0 Å². The Morgan fingerprint density at radius 1 is 1.47 bits per heavy atom. The Kier molecular flexibility index (Phi) is 4.91. The molecule has 1 aromatic rings. The van der Waals surface area contributed by atoms with Crippen molar-refractivity contribution < 1.29 is 12.8 Å². The molecule has 2 N–H and O–H groups in total. The second-order valence-electron chi connectivity index (χ2n) is 3.90. The summed E-state index contributed by atoms with van der Waals surface area (Å²) in [5.41, 5.74) is 5.34. The quantitative estimate of drug-likeness (QED) is 0.898. The topological polar surface area (TPSA) is 60.2 Å². The normalized spacial score (nSPS) is 13.6. The van der Waals surface area contributed by atoms with Crippen molar-refractivity contribution in [2.24, 2.45) is 5.73 Å². The lowest BCUT2D eigenvalue weighted by Crippen LogP contribution is -2.23. The van der Waals surface area contributed by atoms with Crippen LogP contribution in [0, 0.1) is 5.82 Å². The van der Waals surface area contributed by atoms with Crippen LogP contribution in [-0.2, 0) is 15.6 Å². The van der Waals surface area contributed by atoms with Gasteiger partial charge in [-0.1, -0.05) is 17.7 Å². The molecule has 0 aliphatic heterocycles. The molecule has 0 aliphatic rings. The first-order valence-corrected chi connectivity index (χ1v) is 7.32. The predicted molar refractivity (Wildman–Crippen MR) is 67.2 cm³/mol. The van der Waals surface area contributed by atoms with Crippen molar-refractivity contribution in [2.45, 2.75) is 24.3 Å². The Bertz CT molecular complexity index is 470. The lowest BCUT2D eigenvalue weighted by atomic mass is 10.2. The van der Waals surface area contributed by atoms with Crippen molar-refractivity contribution in [1.29, 1.82) is 0 Å². The molecule has 0 amide bonds. The van der Waals surface area contributed by atoms with Gasteiger partial charge in [0.1, 0.15) is 5.82 Å². The molecule has 1 unspecified atom stereocenters. The fourth-order valence-corrected chi connectivity index (χ4v) is 3.21. The van der Waals surface area contributed by atoms with E-state index in [1.165, 1.54) is 18.2 Å². The van der Waals surface area contributed by atoms with Crippen LogP contribution in [0.5, 0.6) is 0 Å². The molecule has 0 heterocycles. The molecule has 1 rings (SSSR count). The van der Waals surface area contributed by atoms with E-state index in [0.717, 1.165) is 0 Å². The van der Waals surface area contributed by atoms with Crippen molar-refractivity contribution in [2.75, 3.05) is 6.54 Å². The molecule has 0 saturated carbocycles. The molecule has 0 fully saturated rings. The number of hydrogen-bond acceptors (Lipinski definition) is 3. The number of rotatable bonds is 5. The van der Waals surface area contributed by atoms with E-state index in [1.807, 2.05) is 0 Å². The lowest BCUT2D eigenvalue weighted by Gasteiger charge is -2.13. The minimum atomic E-state index is -3.42. The zero-order chi connectivity index (χ0) is 13.1. The molecule has 6 heteroatoms. The molecule has 96 valence electrons. The highest BCUT2D eigenvalue weighted by Gasteiger charge is 2.23. The van der Waals surface area contributed by atoms with Crippen molar-refractivity contribution >= 4 is 21.4 Å². The van der Waals surface area contributed by atoms with E-state index in [9.17, 15) is 12.8 Å². The zero-order valence-electron chi connectivity index (χ0n) is 9.49. The number of halogens is 2. The molecule has 17 heavy (non-hydrogen) atoms. The first-order chi connectivity index (χ1) is 7.88. The summed E-state index contributed by atoms with van der Waals surface area (Å²) in [5.74, 6) is -0.985. The number of sulfone groups is 1. The minimum absolute atomic E-state index is 0.0260. The third kappa shape index (κ3) is 3.66. The van der Waals surface area contributed by atoms with Gasteiger partial charge in [-0.25, -0.2) is 12.8 Å². The summed E-state index contributed by atoms with van der Waals surface area (Å²) in [4.78, 5) is 0. The van der Waals surface area contributed by atoms with E-state index in [1.54, 1.807) is 6.92 Å². The maximum atomic E-state index is 13.5. The first kappa shape index (κ1) is 14.4. The molecule has 1 atom stereocenters. The van der Waals surface area contributed by atoms with E-state index in [0.29, 0.717) is 6.42 Å². The van der Waals surface area contributed by atoms with Crippen molar-refractivity contribution in [3.05, 3.63) is 34.6 Å². The molecule has 1 aromatic carbocycles. The molecular weight excluding hydrogens is 265 g/mol. The van der Waals surface area contributed by atoms with Crippen LogP contribution in [-0.4, -0.2) is 20.2 Å². The van der Waals surface area contributed by atoms with Crippen molar-refractivity contribution in [3.8, 4) is 0 Å². The maximum absolute atomic E-state index is 13.5. The van der Waals surface area contributed by atoms with E-state index in [4.69, 9.17) is 17.3 Å². The lowest BCUT2D eigenvalue weighted by molar-refractivity contribution is 0.572. The van der Waals surface area contributed by atoms with Gasteiger partial charge in [0.2, 0.25) is 0 Å². The van der Waals surface area contributed by atoms with Crippen molar-refractivity contribution in [3.63, 3.8) is 0 Å². The monoisotopic (exact) mass is 279 g/mol. The summed E-state index contributed by atoms with van der Waals surface area (Å²) in [6.45, 7) is 1.85. The van der Waals surface area contributed by atoms with E-state index < -0.39 is 20.9 Å². The Hall–Kier alpha value is -0.650. The molecule has 3 nitrogen and oxygen atoms in total. The van der Waals surface area contributed by atoms with Gasteiger partial charge in [-0.15, -0.1) is 0 Å². The van der Waals surface area contributed by atoms with Crippen LogP contribution < -0.4 is 5.73 Å². The van der Waals surface area contributed by atoms with E-state index in [-0.39, 0.29) is 22.9 Å². The highest BCUT2D eigenvalue weighted by Crippen LogP contribution is 2.23. The van der Waals surface area contributed by atoms with Gasteiger partial charge in [0, 0.05) is 10.6 Å². The van der Waals surface area contributed by atoms with Crippen molar-refractivity contribution in [1.82, 2.24) is 0 Å². The van der Waals surface area contributed by atoms with Gasteiger partial charge < -0.3 is 5.73 Å². The highest BCUT2D eigenvalue weighted by atomic mass is 35.5. The summed E-state index contributed by atoms with van der Waals surface area (Å²) >= 11 is 5.79. The van der Waals surface area contributed by atoms with E-state index in [2.05, 4.69) is 0 Å². The second-order valence-corrected chi connectivity index (χ2v) is 6.72. The fraction of sp³-hybridized carbons (Fsp3) is 0.455. The molecule has 0 aromatic heterocycles. The Morgan fingerprint density at radius 2 is 2.12 bits per heavy atom. The predicted octanol–water partition coefficient (Wildman–Crippen LogP) is 2.13. The molecule has 0 spiro atoms. The van der Waals surface area contributed by atoms with Gasteiger partial charge >= 0.3 is 0 Å². The molecular formula is C11H15ClFNO2S. The maximum Gasteiger partial charge on any atom is 0.157 e. The smallest absolute Gasteiger partial charge is 0.157 e. The van der Waals surface area contributed by atoms with Gasteiger partial charge in [0.05, 0.1) is 11.0 Å². The van der Waals surface area contributed by atoms with E-state index >= 15 is 0 Å². The number of hydrogen-bond donors (Lipinski definition) is 1. The summed E-state index contributed by atoms with van der Waals surface area (Å²) in [6, 6.07) is 4.12. The van der Waals surface area contributed by atoms with Crippen LogP contribution >= 0.6 is 11.6 Å². The van der Waals surface area contributed by atoms with Gasteiger partial charge in [0.15, 0.2) is 9.84 Å². The van der Waals surface area contributed by atoms with Crippen LogP contribution in [0.15, 0.2) is 18.2 Å². The number of benzene rings is 1. The van der Waals surface area contributed by atoms with Crippen LogP contribution in [0.4, 0.5) is 4.39 Å². The Labute approximate surface area is 106 Å². The highest BCUT2D eigenvalue weighted by molar-refractivity contribution is 7.91. The zero-order valence-corrected chi connectivity index (χ0v) is 11.1. The van der Waals surface area contributed by atoms with Gasteiger partial charge in [-0.3, -0.25) is 0 Å². The third-order valence-electron chi connectivity index (χ3n) is 2.59. The molecule has 0 aliphatic carbocycles. The van der Waals surface area contributed by atoms with Gasteiger partial charge in [0.25, 0.3) is 0 Å². The summed E-state index contributed by atoms with van der Waals surface area (Å²) in [5, 5.41) is -0.461. The average molecular weight is 280 g/mol. The summed E-state index contributed by atoms with van der Waals surface area (Å²) in [7, 11) is -3.42. The molecule has 0 radical (unpaired) electrons. The minimum Gasteiger partial charge on any atom is -0.330 e. The Balaban J connectivity index is 2.98. The largest absolute Gasteiger partial charge is 0.330 e. The third-order valence-corrected chi connectivity index (χ3v) is 5.10.